The van der Waals surface area contributed by atoms with Crippen LogP contribution < -0.4 is 10.6 Å². The van der Waals surface area contributed by atoms with Crippen LogP contribution in [0.25, 0.3) is 27.9 Å². The Morgan fingerprint density at radius 2 is 1.86 bits per heavy atom. The summed E-state index contributed by atoms with van der Waals surface area (Å²) in [5, 5.41) is 11.4. The molecule has 0 radical (unpaired) electrons. The number of pyridine rings is 2. The number of anilines is 1. The third kappa shape index (κ3) is 5.61. The molecule has 0 saturated heterocycles. The minimum Gasteiger partial charge on any atom is -0.368 e. The molecule has 0 fully saturated rings. The highest BCUT2D eigenvalue weighted by atomic mass is 16.2. The summed E-state index contributed by atoms with van der Waals surface area (Å²) in [6.45, 7) is 13.7. The molecule has 4 heterocycles. The maximum atomic E-state index is 11.8. The van der Waals surface area contributed by atoms with Crippen LogP contribution in [0.2, 0.25) is 0 Å². The van der Waals surface area contributed by atoms with Crippen LogP contribution in [0.15, 0.2) is 24.7 Å². The number of amides is 1. The first-order chi connectivity index (χ1) is 17.6. The van der Waals surface area contributed by atoms with Gasteiger partial charge >= 0.3 is 0 Å². The monoisotopic (exact) mass is 504 g/mol. The number of aromatic amines is 1. The van der Waals surface area contributed by atoms with Crippen molar-refractivity contribution in [2.75, 3.05) is 26.0 Å². The number of hydrogen-bond acceptors (Lipinski definition) is 6. The van der Waals surface area contributed by atoms with E-state index in [0.717, 1.165) is 45.7 Å². The molecule has 2 atom stereocenters. The first-order valence-corrected chi connectivity index (χ1v) is 13.1. The van der Waals surface area contributed by atoms with Crippen molar-refractivity contribution in [1.29, 1.82) is 0 Å². The third-order valence-corrected chi connectivity index (χ3v) is 7.08. The van der Waals surface area contributed by atoms with Gasteiger partial charge in [-0.2, -0.15) is 5.10 Å². The number of fused-ring (bicyclic) bond motifs is 2. The smallest absolute Gasteiger partial charge is 0.223 e. The second-order valence-electron chi connectivity index (χ2n) is 10.7. The zero-order valence-electron chi connectivity index (χ0n) is 23.3. The average Bonchev–Trinajstić information content (AvgIpc) is 3.45. The van der Waals surface area contributed by atoms with Gasteiger partial charge in [0.1, 0.15) is 12.1 Å². The molecule has 9 heteroatoms. The Labute approximate surface area is 219 Å². The Morgan fingerprint density at radius 3 is 2.57 bits per heavy atom. The molecule has 3 N–H and O–H groups in total. The van der Waals surface area contributed by atoms with E-state index in [1.807, 2.05) is 10.6 Å². The van der Waals surface area contributed by atoms with Crippen LogP contribution in [0.3, 0.4) is 0 Å². The van der Waals surface area contributed by atoms with Gasteiger partial charge in [0, 0.05) is 56.5 Å². The van der Waals surface area contributed by atoms with Gasteiger partial charge in [-0.25, -0.2) is 14.5 Å². The molecule has 198 valence electrons. The van der Waals surface area contributed by atoms with E-state index in [0.29, 0.717) is 13.0 Å². The van der Waals surface area contributed by atoms with E-state index in [2.05, 4.69) is 79.5 Å². The molecular formula is C28H40N8O. The average molecular weight is 505 g/mol. The lowest BCUT2D eigenvalue weighted by molar-refractivity contribution is -0.128. The summed E-state index contributed by atoms with van der Waals surface area (Å²) in [5.74, 6) is 1.29. The zero-order chi connectivity index (χ0) is 26.9. The Hall–Kier alpha value is -3.46. The maximum absolute atomic E-state index is 11.8. The molecule has 37 heavy (non-hydrogen) atoms. The summed E-state index contributed by atoms with van der Waals surface area (Å²) < 4.78 is 1.85. The standard InChI is InChI=1S/C28H40N8O/c1-16(2)25-26(21-14-36-28(30-15-31-36)20(6)19(21)5)33-22-9-10-23(34-27(22)25)32-18(4)13-17(3)29-12-11-24(37)35(7)8/h9-10,14-18,29,33H,11-13H2,1-8H3,(H,32,34)/t17-,18-/m0/s1. The van der Waals surface area contributed by atoms with Crippen molar-refractivity contribution >= 4 is 28.4 Å². The van der Waals surface area contributed by atoms with Gasteiger partial charge in [-0.1, -0.05) is 13.8 Å². The van der Waals surface area contributed by atoms with Crippen LogP contribution in [0.5, 0.6) is 0 Å². The number of nitrogens with one attached hydrogen (secondary N) is 3. The largest absolute Gasteiger partial charge is 0.368 e. The van der Waals surface area contributed by atoms with Crippen molar-refractivity contribution in [1.82, 2.24) is 34.8 Å². The Kier molecular flexibility index (Phi) is 7.82. The molecule has 0 unspecified atom stereocenters. The number of carbonyl (C=O) groups is 1. The fraction of sp³-hybridized carbons (Fsp3) is 0.500. The van der Waals surface area contributed by atoms with Crippen LogP contribution in [-0.4, -0.2) is 68.1 Å². The summed E-state index contributed by atoms with van der Waals surface area (Å²) in [6.07, 6.45) is 5.08. The van der Waals surface area contributed by atoms with Gasteiger partial charge in [-0.15, -0.1) is 0 Å². The van der Waals surface area contributed by atoms with Crippen LogP contribution in [0.4, 0.5) is 5.82 Å². The molecule has 0 aliphatic heterocycles. The molecule has 0 saturated carbocycles. The highest BCUT2D eigenvalue weighted by molar-refractivity contribution is 5.90. The van der Waals surface area contributed by atoms with Gasteiger partial charge in [0.2, 0.25) is 5.91 Å². The number of rotatable bonds is 10. The number of nitrogens with zero attached hydrogens (tertiary/aromatic N) is 5. The van der Waals surface area contributed by atoms with E-state index in [1.54, 1.807) is 25.3 Å². The summed E-state index contributed by atoms with van der Waals surface area (Å²) in [5.41, 5.74) is 8.62. The predicted octanol–water partition coefficient (Wildman–Crippen LogP) is 4.66. The van der Waals surface area contributed by atoms with Gasteiger partial charge in [0.05, 0.1) is 16.7 Å². The Bertz CT molecular complexity index is 1400. The molecule has 0 aromatic carbocycles. The van der Waals surface area contributed by atoms with Crippen molar-refractivity contribution in [3.05, 3.63) is 41.3 Å². The van der Waals surface area contributed by atoms with E-state index in [1.165, 1.54) is 11.1 Å². The molecule has 1 amide bonds. The van der Waals surface area contributed by atoms with E-state index >= 15 is 0 Å². The number of aromatic nitrogens is 5. The van der Waals surface area contributed by atoms with E-state index in [4.69, 9.17) is 4.98 Å². The molecular weight excluding hydrogens is 464 g/mol. The molecule has 0 aliphatic carbocycles. The van der Waals surface area contributed by atoms with Crippen LogP contribution in [0, 0.1) is 13.8 Å². The fourth-order valence-corrected chi connectivity index (χ4v) is 4.97. The lowest BCUT2D eigenvalue weighted by Gasteiger charge is -2.20. The summed E-state index contributed by atoms with van der Waals surface area (Å²) in [7, 11) is 3.58. The second kappa shape index (κ2) is 10.9. The van der Waals surface area contributed by atoms with Crippen molar-refractivity contribution in [2.24, 2.45) is 0 Å². The van der Waals surface area contributed by atoms with Crippen LogP contribution >= 0.6 is 0 Å². The summed E-state index contributed by atoms with van der Waals surface area (Å²) in [6, 6.07) is 4.65. The number of hydrogen-bond donors (Lipinski definition) is 3. The normalized spacial score (nSPS) is 13.4. The second-order valence-corrected chi connectivity index (χ2v) is 10.7. The highest BCUT2D eigenvalue weighted by Crippen LogP contribution is 2.37. The van der Waals surface area contributed by atoms with Gasteiger partial charge in [-0.05, 0) is 63.3 Å². The van der Waals surface area contributed by atoms with Crippen molar-refractivity contribution in [3.63, 3.8) is 0 Å². The first-order valence-electron chi connectivity index (χ1n) is 13.1. The number of carbonyl (C=O) groups excluding carboxylic acids is 1. The number of aryl methyl sites for hydroxylation is 1. The van der Waals surface area contributed by atoms with Gasteiger partial charge in [0.15, 0.2) is 5.65 Å². The van der Waals surface area contributed by atoms with E-state index < -0.39 is 0 Å². The third-order valence-electron chi connectivity index (χ3n) is 7.08. The molecule has 4 aromatic rings. The molecule has 4 aromatic heterocycles. The topological polar surface area (TPSA) is 103 Å². The van der Waals surface area contributed by atoms with Crippen LogP contribution in [-0.2, 0) is 4.79 Å². The fourth-order valence-electron chi connectivity index (χ4n) is 4.97. The van der Waals surface area contributed by atoms with Gasteiger partial charge < -0.3 is 20.5 Å². The quantitative estimate of drug-likeness (QED) is 0.290. The van der Waals surface area contributed by atoms with Crippen molar-refractivity contribution in [3.8, 4) is 11.3 Å². The lowest BCUT2D eigenvalue weighted by atomic mass is 9.95. The molecule has 4 rings (SSSR count). The maximum Gasteiger partial charge on any atom is 0.223 e. The van der Waals surface area contributed by atoms with Crippen LogP contribution in [0.1, 0.15) is 63.1 Å². The lowest BCUT2D eigenvalue weighted by Crippen LogP contribution is -2.34. The summed E-state index contributed by atoms with van der Waals surface area (Å²) >= 11 is 0. The highest BCUT2D eigenvalue weighted by Gasteiger charge is 2.21. The molecule has 0 bridgehead atoms. The van der Waals surface area contributed by atoms with E-state index in [-0.39, 0.29) is 23.9 Å². The van der Waals surface area contributed by atoms with Crippen molar-refractivity contribution < 1.29 is 4.79 Å². The minimum absolute atomic E-state index is 0.141. The Morgan fingerprint density at radius 1 is 1.11 bits per heavy atom. The Balaban J connectivity index is 1.55. The van der Waals surface area contributed by atoms with Crippen molar-refractivity contribution in [2.45, 2.75) is 72.4 Å². The zero-order valence-corrected chi connectivity index (χ0v) is 23.3. The molecule has 0 aliphatic rings. The minimum atomic E-state index is 0.141. The van der Waals surface area contributed by atoms with Gasteiger partial charge in [-0.3, -0.25) is 4.79 Å². The predicted molar refractivity (Wildman–Crippen MR) is 150 cm³/mol. The number of H-pyrrole nitrogens is 1. The molecule has 9 nitrogen and oxygen atoms in total. The first kappa shape index (κ1) is 26.6. The molecule has 0 spiro atoms. The van der Waals surface area contributed by atoms with Gasteiger partial charge in [0.25, 0.3) is 0 Å². The van der Waals surface area contributed by atoms with E-state index in [9.17, 15) is 4.79 Å². The SMILES string of the molecule is Cc1c(-c2[nH]c3ccc(N[C@@H](C)C[C@H](C)NCCC(=O)N(C)C)nc3c2C(C)C)cn2ncnc2c1C. The summed E-state index contributed by atoms with van der Waals surface area (Å²) in [4.78, 5) is 26.5.